The van der Waals surface area contributed by atoms with E-state index in [4.69, 9.17) is 9.47 Å². The number of methoxy groups -OCH3 is 2. The van der Waals surface area contributed by atoms with Crippen LogP contribution in [0.4, 0.5) is 5.69 Å². The van der Waals surface area contributed by atoms with Crippen molar-refractivity contribution in [2.24, 2.45) is 0 Å². The molecule has 1 heterocycles. The molecule has 4 nitrogen and oxygen atoms in total. The monoisotopic (exact) mass is 456 g/mol. The lowest BCUT2D eigenvalue weighted by atomic mass is 10.2. The van der Waals surface area contributed by atoms with E-state index in [1.165, 1.54) is 16.1 Å². The maximum Gasteiger partial charge on any atom is 0.142 e. The maximum absolute atomic E-state index is 5.54. The highest BCUT2D eigenvalue weighted by atomic mass is 35.5. The molecule has 0 amide bonds. The average molecular weight is 457 g/mol. The number of halogens is 1. The van der Waals surface area contributed by atoms with Crippen LogP contribution in [0.2, 0.25) is 0 Å². The zero-order valence-corrected chi connectivity index (χ0v) is 19.6. The predicted molar refractivity (Wildman–Crippen MR) is 131 cm³/mol. The number of anilines is 1. The Labute approximate surface area is 195 Å². The van der Waals surface area contributed by atoms with E-state index in [2.05, 4.69) is 58.3 Å². The summed E-state index contributed by atoms with van der Waals surface area (Å²) in [6, 6.07) is 25.2. The third-order valence-electron chi connectivity index (χ3n) is 5.45. The highest BCUT2D eigenvalue weighted by Gasteiger charge is 2.20. The van der Waals surface area contributed by atoms with Crippen LogP contribution in [0.25, 0.3) is 0 Å². The van der Waals surface area contributed by atoms with Crippen LogP contribution in [0.1, 0.15) is 5.56 Å². The second-order valence-electron chi connectivity index (χ2n) is 7.30. The normalized spacial score (nSPS) is 14.1. The Bertz CT molecular complexity index is 977. The summed E-state index contributed by atoms with van der Waals surface area (Å²) in [7, 11) is 3.47. The summed E-state index contributed by atoms with van der Waals surface area (Å²) in [5.41, 5.74) is 2.55. The number of rotatable bonds is 7. The smallest absolute Gasteiger partial charge is 0.142 e. The largest absolute Gasteiger partial charge is 0.496 e. The van der Waals surface area contributed by atoms with Crippen molar-refractivity contribution in [2.45, 2.75) is 16.3 Å². The van der Waals surface area contributed by atoms with Gasteiger partial charge in [-0.3, -0.25) is 4.90 Å². The Balaban J connectivity index is 0.00000272. The molecule has 0 saturated carbocycles. The topological polar surface area (TPSA) is 24.9 Å². The standard InChI is InChI=1S/C25H28N2O2S.ClH/c1-28-22-11-5-4-10-21(22)27-17-15-26(16-18-27)19-20-9-3-7-13-24(20)30-25-14-8-6-12-23(25)29-2;/h3-14H,15-19H2,1-2H3;1H. The van der Waals surface area contributed by atoms with Gasteiger partial charge in [-0.15, -0.1) is 12.4 Å². The lowest BCUT2D eigenvalue weighted by Crippen LogP contribution is -2.46. The Morgan fingerprint density at radius 3 is 2.00 bits per heavy atom. The Morgan fingerprint density at radius 1 is 0.710 bits per heavy atom. The van der Waals surface area contributed by atoms with Crippen molar-refractivity contribution in [3.63, 3.8) is 0 Å². The molecule has 1 aliphatic heterocycles. The van der Waals surface area contributed by atoms with E-state index in [0.717, 1.165) is 49.1 Å². The van der Waals surface area contributed by atoms with Gasteiger partial charge in [0, 0.05) is 37.6 Å². The van der Waals surface area contributed by atoms with Crippen LogP contribution in [-0.4, -0.2) is 45.3 Å². The molecule has 0 unspecified atom stereocenters. The fraction of sp³-hybridized carbons (Fsp3) is 0.280. The summed E-state index contributed by atoms with van der Waals surface area (Å²) in [4.78, 5) is 7.39. The molecule has 31 heavy (non-hydrogen) atoms. The molecule has 4 rings (SSSR count). The Kier molecular flexibility index (Phi) is 8.52. The van der Waals surface area contributed by atoms with Crippen LogP contribution >= 0.6 is 24.2 Å². The third-order valence-corrected chi connectivity index (χ3v) is 6.63. The van der Waals surface area contributed by atoms with E-state index < -0.39 is 0 Å². The van der Waals surface area contributed by atoms with Gasteiger partial charge in [0.15, 0.2) is 0 Å². The summed E-state index contributed by atoms with van der Waals surface area (Å²) in [6.45, 7) is 5.03. The van der Waals surface area contributed by atoms with Crippen molar-refractivity contribution >= 4 is 29.9 Å². The Hall–Kier alpha value is -2.34. The molecule has 0 aliphatic carbocycles. The van der Waals surface area contributed by atoms with Crippen molar-refractivity contribution < 1.29 is 9.47 Å². The van der Waals surface area contributed by atoms with Gasteiger partial charge in [-0.05, 0) is 35.9 Å². The molecule has 0 spiro atoms. The number of hydrogen-bond acceptors (Lipinski definition) is 5. The SMILES string of the molecule is COc1ccccc1Sc1ccccc1CN1CCN(c2ccccc2OC)CC1.Cl. The van der Waals surface area contributed by atoms with E-state index in [9.17, 15) is 0 Å². The third kappa shape index (κ3) is 5.67. The summed E-state index contributed by atoms with van der Waals surface area (Å²) < 4.78 is 11.1. The van der Waals surface area contributed by atoms with Crippen molar-refractivity contribution in [3.8, 4) is 11.5 Å². The van der Waals surface area contributed by atoms with Crippen molar-refractivity contribution in [1.82, 2.24) is 4.90 Å². The van der Waals surface area contributed by atoms with Crippen LogP contribution in [0, 0.1) is 0 Å². The van der Waals surface area contributed by atoms with Gasteiger partial charge >= 0.3 is 0 Å². The minimum absolute atomic E-state index is 0. The maximum atomic E-state index is 5.54. The number of benzene rings is 3. The molecule has 0 N–H and O–H groups in total. The van der Waals surface area contributed by atoms with Gasteiger partial charge in [0.1, 0.15) is 11.5 Å². The first-order valence-electron chi connectivity index (χ1n) is 10.3. The number of piperazine rings is 1. The van der Waals surface area contributed by atoms with Crippen molar-refractivity contribution in [3.05, 3.63) is 78.4 Å². The van der Waals surface area contributed by atoms with Crippen LogP contribution in [0.5, 0.6) is 11.5 Å². The molecule has 0 atom stereocenters. The zero-order chi connectivity index (χ0) is 20.8. The Morgan fingerprint density at radius 2 is 1.29 bits per heavy atom. The van der Waals surface area contributed by atoms with Crippen molar-refractivity contribution in [2.75, 3.05) is 45.3 Å². The highest BCUT2D eigenvalue weighted by Crippen LogP contribution is 2.37. The molecule has 1 aliphatic rings. The number of nitrogens with zero attached hydrogens (tertiary/aromatic N) is 2. The zero-order valence-electron chi connectivity index (χ0n) is 18.0. The van der Waals surface area contributed by atoms with E-state index in [1.54, 1.807) is 26.0 Å². The molecule has 1 saturated heterocycles. The average Bonchev–Trinajstić information content (AvgIpc) is 2.81. The number of ether oxygens (including phenoxy) is 2. The first-order valence-corrected chi connectivity index (χ1v) is 11.1. The molecule has 1 fully saturated rings. The second-order valence-corrected chi connectivity index (χ2v) is 8.38. The molecular weight excluding hydrogens is 428 g/mol. The quantitative estimate of drug-likeness (QED) is 0.461. The summed E-state index contributed by atoms with van der Waals surface area (Å²) in [5, 5.41) is 0. The predicted octanol–water partition coefficient (Wildman–Crippen LogP) is 5.60. The molecule has 0 bridgehead atoms. The van der Waals surface area contributed by atoms with Crippen molar-refractivity contribution in [1.29, 1.82) is 0 Å². The number of para-hydroxylation sites is 3. The minimum Gasteiger partial charge on any atom is -0.496 e. The van der Waals surface area contributed by atoms with Gasteiger partial charge in [0.2, 0.25) is 0 Å². The van der Waals surface area contributed by atoms with Crippen LogP contribution in [0.3, 0.4) is 0 Å². The van der Waals surface area contributed by atoms with Gasteiger partial charge in [-0.2, -0.15) is 0 Å². The molecule has 0 aromatic heterocycles. The van der Waals surface area contributed by atoms with Gasteiger partial charge in [0.25, 0.3) is 0 Å². The molecule has 164 valence electrons. The van der Waals surface area contributed by atoms with Gasteiger partial charge in [0.05, 0.1) is 24.8 Å². The molecule has 0 radical (unpaired) electrons. The first-order chi connectivity index (χ1) is 14.8. The molecule has 3 aromatic rings. The molecular formula is C25H29ClN2O2S. The fourth-order valence-electron chi connectivity index (χ4n) is 3.83. The molecule has 6 heteroatoms. The highest BCUT2D eigenvalue weighted by molar-refractivity contribution is 7.99. The van der Waals surface area contributed by atoms with Gasteiger partial charge < -0.3 is 14.4 Å². The molecule has 3 aromatic carbocycles. The van der Waals surface area contributed by atoms with Gasteiger partial charge in [-0.25, -0.2) is 0 Å². The summed E-state index contributed by atoms with van der Waals surface area (Å²) in [6.07, 6.45) is 0. The lowest BCUT2D eigenvalue weighted by molar-refractivity contribution is 0.247. The lowest BCUT2D eigenvalue weighted by Gasteiger charge is -2.36. The van der Waals surface area contributed by atoms with E-state index in [-0.39, 0.29) is 12.4 Å². The van der Waals surface area contributed by atoms with Crippen LogP contribution in [0.15, 0.2) is 82.6 Å². The summed E-state index contributed by atoms with van der Waals surface area (Å²) >= 11 is 1.78. The first kappa shape index (κ1) is 23.3. The van der Waals surface area contributed by atoms with E-state index >= 15 is 0 Å². The fourth-order valence-corrected chi connectivity index (χ4v) is 4.88. The van der Waals surface area contributed by atoms with Crippen LogP contribution in [-0.2, 0) is 6.54 Å². The van der Waals surface area contributed by atoms with Gasteiger partial charge in [-0.1, -0.05) is 54.2 Å². The van der Waals surface area contributed by atoms with Crippen LogP contribution < -0.4 is 14.4 Å². The summed E-state index contributed by atoms with van der Waals surface area (Å²) in [5.74, 6) is 1.87. The number of hydrogen-bond donors (Lipinski definition) is 0. The van der Waals surface area contributed by atoms with E-state index in [0.29, 0.717) is 0 Å². The second kappa shape index (κ2) is 11.3. The van der Waals surface area contributed by atoms with E-state index in [1.807, 2.05) is 24.3 Å². The minimum atomic E-state index is 0.